The van der Waals surface area contributed by atoms with Gasteiger partial charge in [0.25, 0.3) is 0 Å². The number of ether oxygens (including phenoxy) is 4. The maximum absolute atomic E-state index is 5.68. The molecule has 0 N–H and O–H groups in total. The summed E-state index contributed by atoms with van der Waals surface area (Å²) in [5.74, 6) is 1.32. The zero-order valence-electron chi connectivity index (χ0n) is 13.2. The van der Waals surface area contributed by atoms with E-state index < -0.39 is 0 Å². The van der Waals surface area contributed by atoms with Gasteiger partial charge < -0.3 is 23.8 Å². The summed E-state index contributed by atoms with van der Waals surface area (Å²) < 4.78 is 21.3. The van der Waals surface area contributed by atoms with Crippen LogP contribution in [0.5, 0.6) is 11.5 Å². The molecular weight excluding hydrogens is 272 g/mol. The summed E-state index contributed by atoms with van der Waals surface area (Å²) in [7, 11) is 7.11. The van der Waals surface area contributed by atoms with E-state index in [9.17, 15) is 0 Å². The van der Waals surface area contributed by atoms with Gasteiger partial charge >= 0.3 is 0 Å². The van der Waals surface area contributed by atoms with Crippen LogP contribution in [-0.4, -0.2) is 66.0 Å². The largest absolute Gasteiger partial charge is 0.487 e. The third-order valence-corrected chi connectivity index (χ3v) is 2.46. The highest BCUT2D eigenvalue weighted by Gasteiger charge is 2.07. The zero-order chi connectivity index (χ0) is 15.5. The molecule has 0 unspecified atom stereocenters. The minimum atomic E-state index is 0.456. The Hall–Kier alpha value is -1.79. The van der Waals surface area contributed by atoms with Crippen LogP contribution in [0.1, 0.15) is 0 Å². The Morgan fingerprint density at radius 3 is 2.14 bits per heavy atom. The molecule has 0 atom stereocenters. The standard InChI is InChI=1S/C15H24N2O4/c1-17(2)12-16-13-5-6-14(20-9-7-18-3)15(11-13)21-10-8-19-4/h5-6,11-12H,7-10H2,1-4H3. The predicted octanol–water partition coefficient (Wildman–Crippen LogP) is 1.96. The number of aliphatic imine (C=N–C) groups is 1. The van der Waals surface area contributed by atoms with E-state index in [1.165, 1.54) is 0 Å². The Bertz CT molecular complexity index is 436. The highest BCUT2D eigenvalue weighted by molar-refractivity contribution is 5.62. The average Bonchev–Trinajstić information content (AvgIpc) is 2.47. The van der Waals surface area contributed by atoms with E-state index in [2.05, 4.69) is 4.99 Å². The van der Waals surface area contributed by atoms with Crippen molar-refractivity contribution in [1.29, 1.82) is 0 Å². The second-order valence-electron chi connectivity index (χ2n) is 4.52. The highest BCUT2D eigenvalue weighted by Crippen LogP contribution is 2.31. The monoisotopic (exact) mass is 296 g/mol. The Balaban J connectivity index is 2.79. The van der Waals surface area contributed by atoms with Gasteiger partial charge in [0.05, 0.1) is 25.2 Å². The number of benzene rings is 1. The first-order valence-electron chi connectivity index (χ1n) is 6.75. The van der Waals surface area contributed by atoms with Crippen LogP contribution in [0.3, 0.4) is 0 Å². The van der Waals surface area contributed by atoms with E-state index in [1.54, 1.807) is 20.6 Å². The molecule has 0 aliphatic carbocycles. The number of methoxy groups -OCH3 is 2. The van der Waals surface area contributed by atoms with Gasteiger partial charge in [-0.2, -0.15) is 0 Å². The molecule has 0 bridgehead atoms. The quantitative estimate of drug-likeness (QED) is 0.375. The van der Waals surface area contributed by atoms with Gasteiger partial charge in [0.1, 0.15) is 13.2 Å². The molecule has 1 rings (SSSR count). The lowest BCUT2D eigenvalue weighted by atomic mass is 10.3. The first kappa shape index (κ1) is 17.3. The van der Waals surface area contributed by atoms with Crippen LogP contribution < -0.4 is 9.47 Å². The van der Waals surface area contributed by atoms with Crippen molar-refractivity contribution in [2.45, 2.75) is 0 Å². The van der Waals surface area contributed by atoms with Crippen LogP contribution in [0.15, 0.2) is 23.2 Å². The molecule has 0 amide bonds. The van der Waals surface area contributed by atoms with E-state index in [-0.39, 0.29) is 0 Å². The van der Waals surface area contributed by atoms with Crippen LogP contribution in [0.25, 0.3) is 0 Å². The van der Waals surface area contributed by atoms with Gasteiger partial charge in [-0.05, 0) is 12.1 Å². The molecule has 0 spiro atoms. The molecule has 0 saturated heterocycles. The third-order valence-electron chi connectivity index (χ3n) is 2.46. The first-order valence-corrected chi connectivity index (χ1v) is 6.75. The second-order valence-corrected chi connectivity index (χ2v) is 4.52. The van der Waals surface area contributed by atoms with Gasteiger partial charge in [0, 0.05) is 34.4 Å². The molecule has 6 heteroatoms. The molecule has 21 heavy (non-hydrogen) atoms. The molecule has 0 heterocycles. The first-order chi connectivity index (χ1) is 10.2. The smallest absolute Gasteiger partial charge is 0.163 e. The van der Waals surface area contributed by atoms with Crippen molar-refractivity contribution in [3.63, 3.8) is 0 Å². The fourth-order valence-corrected chi connectivity index (χ4v) is 1.46. The fraction of sp³-hybridized carbons (Fsp3) is 0.533. The normalized spacial score (nSPS) is 10.9. The number of rotatable bonds is 10. The summed E-state index contributed by atoms with van der Waals surface area (Å²) in [5, 5.41) is 0. The van der Waals surface area contributed by atoms with Crippen molar-refractivity contribution in [3.8, 4) is 11.5 Å². The zero-order valence-corrected chi connectivity index (χ0v) is 13.2. The minimum absolute atomic E-state index is 0.456. The number of hydrogen-bond acceptors (Lipinski definition) is 5. The predicted molar refractivity (Wildman–Crippen MR) is 83.0 cm³/mol. The van der Waals surface area contributed by atoms with Gasteiger partial charge in [-0.25, -0.2) is 4.99 Å². The van der Waals surface area contributed by atoms with Gasteiger partial charge in [0.15, 0.2) is 11.5 Å². The lowest BCUT2D eigenvalue weighted by molar-refractivity contribution is 0.132. The topological polar surface area (TPSA) is 52.5 Å². The SMILES string of the molecule is COCCOc1ccc(N=CN(C)C)cc1OCCOC. The molecule has 0 aromatic heterocycles. The second kappa shape index (κ2) is 10.0. The minimum Gasteiger partial charge on any atom is -0.487 e. The van der Waals surface area contributed by atoms with E-state index in [4.69, 9.17) is 18.9 Å². The molecule has 6 nitrogen and oxygen atoms in total. The molecule has 1 aromatic carbocycles. The van der Waals surface area contributed by atoms with Crippen LogP contribution in [0.4, 0.5) is 5.69 Å². The lowest BCUT2D eigenvalue weighted by Crippen LogP contribution is -2.08. The molecular formula is C15H24N2O4. The number of nitrogens with zero attached hydrogens (tertiary/aromatic N) is 2. The van der Waals surface area contributed by atoms with Crippen molar-refractivity contribution in [2.24, 2.45) is 4.99 Å². The van der Waals surface area contributed by atoms with Crippen molar-refractivity contribution in [2.75, 3.05) is 54.7 Å². The van der Waals surface area contributed by atoms with Crippen LogP contribution in [0, 0.1) is 0 Å². The molecule has 0 aliphatic rings. The van der Waals surface area contributed by atoms with Gasteiger partial charge in [-0.3, -0.25) is 0 Å². The van der Waals surface area contributed by atoms with E-state index >= 15 is 0 Å². The molecule has 0 fully saturated rings. The Morgan fingerprint density at radius 2 is 1.57 bits per heavy atom. The Labute approximate surface area is 126 Å². The number of hydrogen-bond donors (Lipinski definition) is 0. The summed E-state index contributed by atoms with van der Waals surface area (Å²) in [6.45, 7) is 1.97. The van der Waals surface area contributed by atoms with Crippen molar-refractivity contribution in [1.82, 2.24) is 4.90 Å². The van der Waals surface area contributed by atoms with Gasteiger partial charge in [0.2, 0.25) is 0 Å². The third kappa shape index (κ3) is 6.97. The summed E-state index contributed by atoms with van der Waals surface area (Å²) in [6, 6.07) is 5.57. The Morgan fingerprint density at radius 1 is 0.952 bits per heavy atom. The molecule has 0 radical (unpaired) electrons. The molecule has 118 valence electrons. The van der Waals surface area contributed by atoms with Crippen LogP contribution in [-0.2, 0) is 9.47 Å². The van der Waals surface area contributed by atoms with E-state index in [0.29, 0.717) is 37.9 Å². The summed E-state index contributed by atoms with van der Waals surface area (Å²) >= 11 is 0. The lowest BCUT2D eigenvalue weighted by Gasteiger charge is -2.13. The van der Waals surface area contributed by atoms with Crippen LogP contribution in [0.2, 0.25) is 0 Å². The Kier molecular flexibility index (Phi) is 8.23. The van der Waals surface area contributed by atoms with Gasteiger partial charge in [-0.1, -0.05) is 0 Å². The molecule has 1 aromatic rings. The average molecular weight is 296 g/mol. The van der Waals surface area contributed by atoms with Crippen molar-refractivity contribution in [3.05, 3.63) is 18.2 Å². The maximum atomic E-state index is 5.68. The maximum Gasteiger partial charge on any atom is 0.163 e. The van der Waals surface area contributed by atoms with Crippen molar-refractivity contribution < 1.29 is 18.9 Å². The summed E-state index contributed by atoms with van der Waals surface area (Å²) in [4.78, 5) is 6.21. The van der Waals surface area contributed by atoms with Crippen molar-refractivity contribution >= 4 is 12.0 Å². The highest BCUT2D eigenvalue weighted by atomic mass is 16.5. The van der Waals surface area contributed by atoms with Gasteiger partial charge in [-0.15, -0.1) is 0 Å². The molecule has 0 aliphatic heterocycles. The summed E-state index contributed by atoms with van der Waals surface area (Å²) in [6.07, 6.45) is 1.74. The van der Waals surface area contributed by atoms with Crippen LogP contribution >= 0.6 is 0 Å². The fourth-order valence-electron chi connectivity index (χ4n) is 1.46. The molecule has 0 saturated carbocycles. The van der Waals surface area contributed by atoms with E-state index in [0.717, 1.165) is 5.69 Å². The van der Waals surface area contributed by atoms with E-state index in [1.807, 2.05) is 37.2 Å². The summed E-state index contributed by atoms with van der Waals surface area (Å²) in [5.41, 5.74) is 0.801.